The third-order valence-electron chi connectivity index (χ3n) is 1.86. The molecule has 0 aliphatic heterocycles. The van der Waals surface area contributed by atoms with Crippen molar-refractivity contribution >= 4 is 12.2 Å². The molecule has 0 fully saturated rings. The Bertz CT molecular complexity index is 581. The van der Waals surface area contributed by atoms with E-state index in [1.807, 2.05) is 0 Å². The monoisotopic (exact) mass is 223 g/mol. The van der Waals surface area contributed by atoms with E-state index >= 15 is 0 Å². The minimum Gasteiger partial charge on any atom is -0.317 e. The van der Waals surface area contributed by atoms with Gasteiger partial charge in [0.05, 0.1) is 6.54 Å². The molecule has 78 valence electrons. The van der Waals surface area contributed by atoms with Gasteiger partial charge in [0.15, 0.2) is 10.6 Å². The van der Waals surface area contributed by atoms with E-state index < -0.39 is 0 Å². The van der Waals surface area contributed by atoms with Gasteiger partial charge in [-0.05, 0) is 12.2 Å². The number of hydrogen-bond donors (Lipinski definition) is 1. The molecule has 0 atom stereocenters. The molecule has 0 spiro atoms. The van der Waals surface area contributed by atoms with E-state index in [0.717, 1.165) is 0 Å². The van der Waals surface area contributed by atoms with Crippen LogP contribution in [0.3, 0.4) is 0 Å². The highest BCUT2D eigenvalue weighted by Crippen LogP contribution is 1.94. The van der Waals surface area contributed by atoms with Crippen molar-refractivity contribution in [2.24, 2.45) is 7.05 Å². The van der Waals surface area contributed by atoms with Gasteiger partial charge in [0.2, 0.25) is 0 Å². The number of hydrogen-bond acceptors (Lipinski definition) is 4. The Morgan fingerprint density at radius 1 is 1.60 bits per heavy atom. The molecule has 0 amide bonds. The standard InChI is InChI=1S/C8H9N5OS/c1-12-5-9-6(11-12)4-13-3-2-7(14)10-8(13)15/h2-3,5H,4H2,1H3,(H,10,14,15). The lowest BCUT2D eigenvalue weighted by Crippen LogP contribution is -2.12. The van der Waals surface area contributed by atoms with Gasteiger partial charge in [-0.25, -0.2) is 4.98 Å². The van der Waals surface area contributed by atoms with Crippen LogP contribution in [0.2, 0.25) is 0 Å². The lowest BCUT2D eigenvalue weighted by molar-refractivity contribution is 0.681. The van der Waals surface area contributed by atoms with E-state index in [0.29, 0.717) is 17.1 Å². The maximum Gasteiger partial charge on any atom is 0.251 e. The quantitative estimate of drug-likeness (QED) is 0.732. The Kier molecular flexibility index (Phi) is 2.46. The maximum atomic E-state index is 10.9. The number of nitrogens with zero attached hydrogens (tertiary/aromatic N) is 4. The third-order valence-corrected chi connectivity index (χ3v) is 2.19. The van der Waals surface area contributed by atoms with E-state index in [-0.39, 0.29) is 5.56 Å². The van der Waals surface area contributed by atoms with Crippen molar-refractivity contribution in [2.45, 2.75) is 6.54 Å². The van der Waals surface area contributed by atoms with Crippen molar-refractivity contribution < 1.29 is 0 Å². The van der Waals surface area contributed by atoms with Crippen LogP contribution >= 0.6 is 12.2 Å². The summed E-state index contributed by atoms with van der Waals surface area (Å²) >= 11 is 4.99. The van der Waals surface area contributed by atoms with Gasteiger partial charge in [0, 0.05) is 19.3 Å². The summed E-state index contributed by atoms with van der Waals surface area (Å²) in [6.45, 7) is 0.455. The summed E-state index contributed by atoms with van der Waals surface area (Å²) in [6, 6.07) is 1.42. The highest BCUT2D eigenvalue weighted by atomic mass is 32.1. The molecular weight excluding hydrogens is 214 g/mol. The van der Waals surface area contributed by atoms with Gasteiger partial charge >= 0.3 is 0 Å². The second-order valence-corrected chi connectivity index (χ2v) is 3.46. The van der Waals surface area contributed by atoms with E-state index in [2.05, 4.69) is 15.1 Å². The highest BCUT2D eigenvalue weighted by Gasteiger charge is 2.00. The van der Waals surface area contributed by atoms with E-state index in [4.69, 9.17) is 12.2 Å². The van der Waals surface area contributed by atoms with Crippen LogP contribution in [0.15, 0.2) is 23.4 Å². The Labute approximate surface area is 90.2 Å². The SMILES string of the molecule is Cn1cnc(Cn2ccc(=O)[nH]c2=S)n1. The van der Waals surface area contributed by atoms with Crippen LogP contribution in [0, 0.1) is 4.77 Å². The van der Waals surface area contributed by atoms with Gasteiger partial charge in [0.1, 0.15) is 6.33 Å². The fraction of sp³-hybridized carbons (Fsp3) is 0.250. The van der Waals surface area contributed by atoms with Crippen LogP contribution < -0.4 is 5.56 Å². The molecule has 2 aromatic heterocycles. The molecule has 1 N–H and O–H groups in total. The molecule has 0 aromatic carbocycles. The fourth-order valence-corrected chi connectivity index (χ4v) is 1.40. The second-order valence-electron chi connectivity index (χ2n) is 3.07. The van der Waals surface area contributed by atoms with E-state index in [1.54, 1.807) is 28.8 Å². The smallest absolute Gasteiger partial charge is 0.251 e. The fourth-order valence-electron chi connectivity index (χ4n) is 1.18. The summed E-state index contributed by atoms with van der Waals surface area (Å²) in [5, 5.41) is 4.12. The molecule has 0 unspecified atom stereocenters. The minimum absolute atomic E-state index is 0.203. The van der Waals surface area contributed by atoms with Crippen molar-refractivity contribution in [3.63, 3.8) is 0 Å². The van der Waals surface area contributed by atoms with E-state index in [9.17, 15) is 4.79 Å². The Morgan fingerprint density at radius 2 is 2.40 bits per heavy atom. The first-order valence-electron chi connectivity index (χ1n) is 4.29. The molecule has 0 aliphatic rings. The Hall–Kier alpha value is -1.76. The van der Waals surface area contributed by atoms with Gasteiger partial charge in [0.25, 0.3) is 5.56 Å². The zero-order valence-electron chi connectivity index (χ0n) is 8.04. The third kappa shape index (κ3) is 2.18. The lowest BCUT2D eigenvalue weighted by atomic mass is 10.5. The van der Waals surface area contributed by atoms with Crippen molar-refractivity contribution in [3.8, 4) is 0 Å². The summed E-state index contributed by atoms with van der Waals surface area (Å²) in [4.78, 5) is 17.5. The van der Waals surface area contributed by atoms with Crippen LogP contribution in [-0.2, 0) is 13.6 Å². The Morgan fingerprint density at radius 3 is 3.00 bits per heavy atom. The second kappa shape index (κ2) is 3.77. The zero-order valence-corrected chi connectivity index (χ0v) is 8.86. The summed E-state index contributed by atoms with van der Waals surface area (Å²) in [5.74, 6) is 0.653. The number of rotatable bonds is 2. The largest absolute Gasteiger partial charge is 0.317 e. The zero-order chi connectivity index (χ0) is 10.8. The summed E-state index contributed by atoms with van der Waals surface area (Å²) in [6.07, 6.45) is 3.24. The maximum absolute atomic E-state index is 10.9. The summed E-state index contributed by atoms with van der Waals surface area (Å²) in [7, 11) is 1.79. The molecule has 6 nitrogen and oxygen atoms in total. The number of H-pyrrole nitrogens is 1. The van der Waals surface area contributed by atoms with Crippen molar-refractivity contribution in [1.82, 2.24) is 24.3 Å². The van der Waals surface area contributed by atoms with Crippen LogP contribution in [-0.4, -0.2) is 24.3 Å². The first-order valence-corrected chi connectivity index (χ1v) is 4.70. The number of aryl methyl sites for hydroxylation is 1. The van der Waals surface area contributed by atoms with Gasteiger partial charge < -0.3 is 4.57 Å². The minimum atomic E-state index is -0.203. The molecule has 0 saturated carbocycles. The van der Waals surface area contributed by atoms with Crippen molar-refractivity contribution in [3.05, 3.63) is 39.5 Å². The molecule has 0 saturated heterocycles. The van der Waals surface area contributed by atoms with Gasteiger partial charge in [-0.15, -0.1) is 0 Å². The molecule has 0 bridgehead atoms. The van der Waals surface area contributed by atoms with Crippen LogP contribution in [0.25, 0.3) is 0 Å². The normalized spacial score (nSPS) is 10.5. The topological polar surface area (TPSA) is 68.5 Å². The predicted octanol–water partition coefficient (Wildman–Crippen LogP) is 0.0827. The van der Waals surface area contributed by atoms with Gasteiger partial charge in [-0.1, -0.05) is 0 Å². The Balaban J connectivity index is 2.32. The molecular formula is C8H9N5OS. The molecule has 0 aliphatic carbocycles. The summed E-state index contributed by atoms with van der Waals surface area (Å²) in [5.41, 5.74) is -0.203. The lowest BCUT2D eigenvalue weighted by Gasteiger charge is -2.01. The first kappa shape index (κ1) is 9.78. The molecule has 0 radical (unpaired) electrons. The van der Waals surface area contributed by atoms with Crippen LogP contribution in [0.4, 0.5) is 0 Å². The number of nitrogens with one attached hydrogen (secondary N) is 1. The van der Waals surface area contributed by atoms with Gasteiger partial charge in [-0.2, -0.15) is 5.10 Å². The number of aromatic amines is 1. The molecule has 2 heterocycles. The molecule has 2 aromatic rings. The molecule has 15 heavy (non-hydrogen) atoms. The summed E-state index contributed by atoms with van der Waals surface area (Å²) < 4.78 is 3.69. The van der Waals surface area contributed by atoms with E-state index in [1.165, 1.54) is 6.07 Å². The average Bonchev–Trinajstić information content (AvgIpc) is 2.56. The predicted molar refractivity (Wildman–Crippen MR) is 56.0 cm³/mol. The first-order chi connectivity index (χ1) is 7.15. The van der Waals surface area contributed by atoms with Crippen LogP contribution in [0.5, 0.6) is 0 Å². The number of aromatic nitrogens is 5. The van der Waals surface area contributed by atoms with Gasteiger partial charge in [-0.3, -0.25) is 14.5 Å². The molecule has 2 rings (SSSR count). The van der Waals surface area contributed by atoms with Crippen LogP contribution in [0.1, 0.15) is 5.82 Å². The van der Waals surface area contributed by atoms with Crippen molar-refractivity contribution in [1.29, 1.82) is 0 Å². The highest BCUT2D eigenvalue weighted by molar-refractivity contribution is 7.71. The average molecular weight is 223 g/mol. The molecule has 7 heteroatoms. The van der Waals surface area contributed by atoms with Crippen molar-refractivity contribution in [2.75, 3.05) is 0 Å².